The number of aryl methyl sites for hydroxylation is 3. The first-order valence-corrected chi connectivity index (χ1v) is 16.1. The molecule has 5 rings (SSSR count). The predicted molar refractivity (Wildman–Crippen MR) is 177 cm³/mol. The summed E-state index contributed by atoms with van der Waals surface area (Å²) in [6.45, 7) is 17.2. The van der Waals surface area contributed by atoms with Crippen molar-refractivity contribution in [2.24, 2.45) is 0 Å². The second-order valence-corrected chi connectivity index (χ2v) is 11.1. The SMILES string of the molecule is CCCOCCC.CCN1C[C@H](c2ccc3c(c2)OCO3)C[C@@H]1c1ccc(C)cc1.CCc1cccc(CC)c1NC=O. The second kappa shape index (κ2) is 18.3. The van der Waals surface area contributed by atoms with E-state index in [1.54, 1.807) is 0 Å². The lowest BCUT2D eigenvalue weighted by Gasteiger charge is -2.23. The van der Waals surface area contributed by atoms with Crippen LogP contribution < -0.4 is 14.8 Å². The van der Waals surface area contributed by atoms with Crippen LogP contribution in [0.5, 0.6) is 11.5 Å². The Kier molecular flexibility index (Phi) is 14.6. The topological polar surface area (TPSA) is 60.0 Å². The highest BCUT2D eigenvalue weighted by Gasteiger charge is 2.33. The van der Waals surface area contributed by atoms with Crippen LogP contribution in [-0.2, 0) is 22.4 Å². The van der Waals surface area contributed by atoms with Crippen LogP contribution >= 0.6 is 0 Å². The van der Waals surface area contributed by atoms with Gasteiger partial charge >= 0.3 is 0 Å². The summed E-state index contributed by atoms with van der Waals surface area (Å²) in [5.41, 5.74) is 7.51. The third-order valence-corrected chi connectivity index (χ3v) is 8.04. The van der Waals surface area contributed by atoms with Gasteiger partial charge in [0.05, 0.1) is 0 Å². The van der Waals surface area contributed by atoms with Gasteiger partial charge in [-0.3, -0.25) is 9.69 Å². The van der Waals surface area contributed by atoms with E-state index in [9.17, 15) is 4.79 Å². The number of fused-ring (bicyclic) bond motifs is 1. The highest BCUT2D eigenvalue weighted by molar-refractivity contribution is 5.75. The highest BCUT2D eigenvalue weighted by atomic mass is 16.7. The molecule has 0 bridgehead atoms. The minimum Gasteiger partial charge on any atom is -0.454 e. The number of likely N-dealkylation sites (N-methyl/N-ethyl adjacent to an activating group) is 1. The number of benzene rings is 3. The number of likely N-dealkylation sites (tertiary alicyclic amines) is 1. The Bertz CT molecular complexity index is 1220. The Morgan fingerprint density at radius 3 is 2.07 bits per heavy atom. The molecule has 2 atom stereocenters. The van der Waals surface area contributed by atoms with Crippen molar-refractivity contribution < 1.29 is 19.0 Å². The normalized spacial score (nSPS) is 17.0. The molecule has 0 aromatic heterocycles. The van der Waals surface area contributed by atoms with Gasteiger partial charge < -0.3 is 19.5 Å². The van der Waals surface area contributed by atoms with Crippen LogP contribution in [0.25, 0.3) is 0 Å². The van der Waals surface area contributed by atoms with Crippen LogP contribution in [0, 0.1) is 6.92 Å². The monoisotopic (exact) mass is 588 g/mol. The lowest BCUT2D eigenvalue weighted by molar-refractivity contribution is -0.105. The number of hydrogen-bond acceptors (Lipinski definition) is 5. The van der Waals surface area contributed by atoms with Gasteiger partial charge in [-0.15, -0.1) is 0 Å². The summed E-state index contributed by atoms with van der Waals surface area (Å²) in [7, 11) is 0. The fourth-order valence-electron chi connectivity index (χ4n) is 5.67. The number of anilines is 1. The van der Waals surface area contributed by atoms with Gasteiger partial charge in [-0.2, -0.15) is 0 Å². The summed E-state index contributed by atoms with van der Waals surface area (Å²) in [6.07, 6.45) is 6.08. The molecule has 1 saturated heterocycles. The van der Waals surface area contributed by atoms with Crippen LogP contribution in [-0.4, -0.2) is 44.4 Å². The minimum atomic E-state index is 0.344. The number of para-hydroxylation sites is 1. The molecule has 6 heteroatoms. The Labute approximate surface area is 259 Å². The summed E-state index contributed by atoms with van der Waals surface area (Å²) < 4.78 is 16.1. The van der Waals surface area contributed by atoms with Gasteiger partial charge in [0.25, 0.3) is 0 Å². The van der Waals surface area contributed by atoms with Crippen LogP contribution in [0.1, 0.15) is 93.7 Å². The van der Waals surface area contributed by atoms with Crippen LogP contribution in [0.4, 0.5) is 5.69 Å². The summed E-state index contributed by atoms with van der Waals surface area (Å²) >= 11 is 0. The number of carbonyl (C=O) groups is 1. The van der Waals surface area contributed by atoms with Crippen LogP contribution in [0.3, 0.4) is 0 Å². The van der Waals surface area contributed by atoms with Gasteiger partial charge in [0.2, 0.25) is 13.2 Å². The fraction of sp³-hybridized carbons (Fsp3) is 0.486. The number of rotatable bonds is 11. The van der Waals surface area contributed by atoms with Crippen LogP contribution in [0.15, 0.2) is 60.7 Å². The van der Waals surface area contributed by atoms with Gasteiger partial charge in [0.15, 0.2) is 11.5 Å². The molecule has 43 heavy (non-hydrogen) atoms. The summed E-state index contributed by atoms with van der Waals surface area (Å²) in [5.74, 6) is 2.31. The predicted octanol–water partition coefficient (Wildman–Crippen LogP) is 8.48. The molecule has 1 N–H and O–H groups in total. The molecule has 0 aliphatic carbocycles. The number of nitrogens with one attached hydrogen (secondary N) is 1. The Morgan fingerprint density at radius 2 is 1.49 bits per heavy atom. The number of ether oxygens (including phenoxy) is 3. The maximum atomic E-state index is 10.4. The number of nitrogens with zero attached hydrogens (tertiary/aromatic N) is 1. The number of amides is 1. The largest absolute Gasteiger partial charge is 0.454 e. The van der Waals surface area contributed by atoms with Crippen molar-refractivity contribution in [3.05, 3.63) is 88.5 Å². The molecule has 234 valence electrons. The first kappa shape index (κ1) is 34.1. The lowest BCUT2D eigenvalue weighted by Crippen LogP contribution is -2.23. The lowest BCUT2D eigenvalue weighted by atomic mass is 9.93. The smallest absolute Gasteiger partial charge is 0.231 e. The van der Waals surface area contributed by atoms with Crippen molar-refractivity contribution in [2.75, 3.05) is 38.4 Å². The van der Waals surface area contributed by atoms with E-state index in [1.807, 2.05) is 24.3 Å². The molecule has 3 aromatic carbocycles. The molecule has 0 saturated carbocycles. The first-order chi connectivity index (χ1) is 21.0. The minimum absolute atomic E-state index is 0.344. The van der Waals surface area contributed by atoms with E-state index < -0.39 is 0 Å². The third kappa shape index (κ3) is 9.84. The highest BCUT2D eigenvalue weighted by Crippen LogP contribution is 2.43. The number of hydrogen-bond donors (Lipinski definition) is 1. The van der Waals surface area contributed by atoms with Crippen molar-refractivity contribution in [1.82, 2.24) is 4.90 Å². The molecular formula is C37H52N2O4. The van der Waals surface area contributed by atoms with E-state index in [1.165, 1.54) is 27.8 Å². The molecular weight excluding hydrogens is 536 g/mol. The zero-order valence-electron chi connectivity index (χ0n) is 27.2. The van der Waals surface area contributed by atoms with Gasteiger partial charge in [-0.1, -0.05) is 88.7 Å². The zero-order valence-corrected chi connectivity index (χ0v) is 27.2. The van der Waals surface area contributed by atoms with E-state index in [4.69, 9.17) is 14.2 Å². The molecule has 2 heterocycles. The maximum absolute atomic E-state index is 10.4. The second-order valence-electron chi connectivity index (χ2n) is 11.1. The molecule has 1 fully saturated rings. The van der Waals surface area contributed by atoms with E-state index >= 15 is 0 Å². The van der Waals surface area contributed by atoms with Crippen molar-refractivity contribution in [2.45, 2.75) is 85.6 Å². The van der Waals surface area contributed by atoms with Crippen molar-refractivity contribution >= 4 is 12.1 Å². The van der Waals surface area contributed by atoms with Crippen molar-refractivity contribution in [3.63, 3.8) is 0 Å². The fourth-order valence-corrected chi connectivity index (χ4v) is 5.67. The molecule has 0 radical (unpaired) electrons. The zero-order chi connectivity index (χ0) is 31.0. The van der Waals surface area contributed by atoms with E-state index in [2.05, 4.69) is 88.2 Å². The number of carbonyl (C=O) groups excluding carboxylic acids is 1. The van der Waals surface area contributed by atoms with Crippen molar-refractivity contribution in [3.8, 4) is 11.5 Å². The third-order valence-electron chi connectivity index (χ3n) is 8.04. The van der Waals surface area contributed by atoms with Crippen molar-refractivity contribution in [1.29, 1.82) is 0 Å². The molecule has 1 amide bonds. The molecule has 3 aromatic rings. The Hall–Kier alpha value is -3.35. The molecule has 2 aliphatic heterocycles. The average Bonchev–Trinajstić information content (AvgIpc) is 3.70. The Balaban J connectivity index is 0.000000214. The van der Waals surface area contributed by atoms with Crippen LogP contribution in [0.2, 0.25) is 0 Å². The quantitative estimate of drug-likeness (QED) is 0.180. The van der Waals surface area contributed by atoms with E-state index in [0.717, 1.165) is 82.0 Å². The molecule has 2 aliphatic rings. The van der Waals surface area contributed by atoms with Gasteiger partial charge in [-0.25, -0.2) is 0 Å². The Morgan fingerprint density at radius 1 is 0.860 bits per heavy atom. The summed E-state index contributed by atoms with van der Waals surface area (Å²) in [6, 6.07) is 22.1. The summed E-state index contributed by atoms with van der Waals surface area (Å²) in [5, 5.41) is 2.77. The van der Waals surface area contributed by atoms with E-state index in [0.29, 0.717) is 18.8 Å². The van der Waals surface area contributed by atoms with Gasteiger partial charge in [0, 0.05) is 31.5 Å². The first-order valence-electron chi connectivity index (χ1n) is 16.1. The summed E-state index contributed by atoms with van der Waals surface area (Å²) in [4.78, 5) is 13.0. The average molecular weight is 589 g/mol. The van der Waals surface area contributed by atoms with Gasteiger partial charge in [-0.05, 0) is 85.9 Å². The molecule has 6 nitrogen and oxygen atoms in total. The standard InChI is InChI=1S/C20H23NO2.C11H15NO.C6H14O/c1-3-21-12-17(10-18(21)15-6-4-14(2)5-7-15)16-8-9-19-20(11-16)23-13-22-19;1-3-9-6-5-7-10(4-2)11(9)12-8-13;1-3-5-7-6-4-2/h4-9,11,17-18H,3,10,12-13H2,1-2H3;5-8H,3-4H2,1-2H3,(H,12,13);3-6H2,1-2H3/t17-,18-;;/m1../s1. The molecule has 0 spiro atoms. The van der Waals surface area contributed by atoms with Gasteiger partial charge in [0.1, 0.15) is 0 Å². The van der Waals surface area contributed by atoms with E-state index in [-0.39, 0.29) is 0 Å². The maximum Gasteiger partial charge on any atom is 0.231 e. The molecule has 0 unspecified atom stereocenters.